The van der Waals surface area contributed by atoms with Gasteiger partial charge in [-0.2, -0.15) is 0 Å². The molecule has 2 fully saturated rings. The van der Waals surface area contributed by atoms with Crippen molar-refractivity contribution in [3.8, 4) is 0 Å². The predicted octanol–water partition coefficient (Wildman–Crippen LogP) is 0.280. The molecule has 6 nitrogen and oxygen atoms in total. The van der Waals surface area contributed by atoms with E-state index >= 15 is 0 Å². The average molecular weight is 250 g/mol. The third kappa shape index (κ3) is 2.20. The van der Waals surface area contributed by atoms with Gasteiger partial charge in [0, 0.05) is 24.9 Å². The topological polar surface area (TPSA) is 66.0 Å². The smallest absolute Gasteiger partial charge is 0.416 e. The maximum atomic E-state index is 11.9. The first-order valence-electron chi connectivity index (χ1n) is 6.49. The Labute approximate surface area is 106 Å². The van der Waals surface area contributed by atoms with Gasteiger partial charge in [0.2, 0.25) is 0 Å². The highest BCUT2D eigenvalue weighted by Crippen LogP contribution is 2.27. The van der Waals surface area contributed by atoms with Crippen molar-refractivity contribution in [1.29, 1.82) is 0 Å². The normalized spacial score (nSPS) is 28.9. The van der Waals surface area contributed by atoms with Gasteiger partial charge in [0.05, 0.1) is 6.54 Å². The van der Waals surface area contributed by atoms with Crippen molar-refractivity contribution in [2.45, 2.75) is 18.9 Å². The largest absolute Gasteiger partial charge is 0.444 e. The maximum Gasteiger partial charge on any atom is 0.416 e. The van der Waals surface area contributed by atoms with Crippen LogP contribution in [-0.4, -0.2) is 49.5 Å². The number of ether oxygens (including phenoxy) is 1. The van der Waals surface area contributed by atoms with E-state index < -0.39 is 0 Å². The lowest BCUT2D eigenvalue weighted by molar-refractivity contribution is 0.0909. The Bertz CT molecular complexity index is 388. The van der Waals surface area contributed by atoms with E-state index in [2.05, 4.69) is 15.6 Å². The fourth-order valence-corrected chi connectivity index (χ4v) is 2.66. The molecular weight excluding hydrogens is 232 g/mol. The molecule has 3 heterocycles. The summed E-state index contributed by atoms with van der Waals surface area (Å²) in [5, 5.41) is 6.38. The van der Waals surface area contributed by atoms with E-state index in [-0.39, 0.29) is 12.2 Å². The van der Waals surface area contributed by atoms with Crippen LogP contribution >= 0.6 is 0 Å². The van der Waals surface area contributed by atoms with Crippen molar-refractivity contribution in [2.24, 2.45) is 10.9 Å². The van der Waals surface area contributed by atoms with E-state index in [1.165, 1.54) is 0 Å². The maximum absolute atomic E-state index is 11.9. The number of nitrogens with zero attached hydrogens (tertiary/aromatic N) is 2. The number of aliphatic imine (C=N–C) groups is 1. The Balaban J connectivity index is 1.66. The van der Waals surface area contributed by atoms with Gasteiger partial charge >= 0.3 is 6.09 Å². The quantitative estimate of drug-likeness (QED) is 0.739. The van der Waals surface area contributed by atoms with E-state index in [4.69, 9.17) is 4.74 Å². The molecule has 98 valence electrons. The molecule has 3 rings (SSSR count). The van der Waals surface area contributed by atoms with Crippen LogP contribution in [-0.2, 0) is 4.74 Å². The summed E-state index contributed by atoms with van der Waals surface area (Å²) in [6, 6.07) is 0. The van der Waals surface area contributed by atoms with E-state index in [1.54, 1.807) is 17.3 Å². The first-order valence-corrected chi connectivity index (χ1v) is 6.49. The molecule has 1 unspecified atom stereocenters. The third-order valence-corrected chi connectivity index (χ3v) is 3.69. The summed E-state index contributed by atoms with van der Waals surface area (Å²) in [5.41, 5.74) is 0. The number of rotatable bonds is 2. The lowest BCUT2D eigenvalue weighted by atomic mass is 9.92. The second kappa shape index (κ2) is 4.97. The molecule has 3 aliphatic heterocycles. The minimum Gasteiger partial charge on any atom is -0.444 e. The lowest BCUT2D eigenvalue weighted by Gasteiger charge is -2.26. The summed E-state index contributed by atoms with van der Waals surface area (Å²) in [5.74, 6) is 1.13. The van der Waals surface area contributed by atoms with Crippen LogP contribution in [0.25, 0.3) is 0 Å². The summed E-state index contributed by atoms with van der Waals surface area (Å²) < 4.78 is 5.48. The highest BCUT2D eigenvalue weighted by atomic mass is 16.6. The molecule has 0 aromatic carbocycles. The van der Waals surface area contributed by atoms with Crippen LogP contribution in [0.3, 0.4) is 0 Å². The molecule has 0 aromatic heterocycles. The summed E-state index contributed by atoms with van der Waals surface area (Å²) >= 11 is 0. The zero-order valence-electron chi connectivity index (χ0n) is 10.3. The van der Waals surface area contributed by atoms with Crippen molar-refractivity contribution < 1.29 is 9.53 Å². The molecule has 0 aromatic rings. The average Bonchev–Trinajstić information content (AvgIpc) is 2.83. The molecule has 18 heavy (non-hydrogen) atoms. The second-order valence-electron chi connectivity index (χ2n) is 4.84. The van der Waals surface area contributed by atoms with Crippen LogP contribution in [0.15, 0.2) is 17.0 Å². The lowest BCUT2D eigenvalue weighted by Crippen LogP contribution is -2.36. The standard InChI is InChI=1S/C12H18N4O2/c17-12-16(11-7-14-5-6-15-11)8-10(18-12)9-1-3-13-4-2-9/h6-7,9-10,13-14H,1-5,8H2. The third-order valence-electron chi connectivity index (χ3n) is 3.69. The molecule has 2 saturated heterocycles. The Morgan fingerprint density at radius 1 is 1.39 bits per heavy atom. The molecule has 1 amide bonds. The first kappa shape index (κ1) is 11.5. The van der Waals surface area contributed by atoms with Crippen LogP contribution < -0.4 is 10.6 Å². The fourth-order valence-electron chi connectivity index (χ4n) is 2.66. The number of cyclic esters (lactones) is 1. The van der Waals surface area contributed by atoms with Gasteiger partial charge in [-0.05, 0) is 25.9 Å². The Kier molecular flexibility index (Phi) is 3.19. The van der Waals surface area contributed by atoms with E-state index in [0.29, 0.717) is 24.8 Å². The minimum absolute atomic E-state index is 0.0117. The number of piperidine rings is 1. The van der Waals surface area contributed by atoms with Gasteiger partial charge in [-0.3, -0.25) is 4.90 Å². The summed E-state index contributed by atoms with van der Waals surface area (Å²) in [6.07, 6.45) is 5.42. The van der Waals surface area contributed by atoms with Gasteiger partial charge in [0.15, 0.2) is 5.82 Å². The van der Waals surface area contributed by atoms with E-state index in [0.717, 1.165) is 25.9 Å². The molecule has 0 saturated carbocycles. The van der Waals surface area contributed by atoms with Gasteiger partial charge in [0.25, 0.3) is 0 Å². The van der Waals surface area contributed by atoms with Crippen molar-refractivity contribution in [3.63, 3.8) is 0 Å². The van der Waals surface area contributed by atoms with Crippen molar-refractivity contribution >= 4 is 12.3 Å². The molecule has 0 aliphatic carbocycles. The number of carbonyl (C=O) groups excluding carboxylic acids is 1. The van der Waals surface area contributed by atoms with E-state index in [1.807, 2.05) is 0 Å². The Morgan fingerprint density at radius 3 is 2.94 bits per heavy atom. The molecule has 0 radical (unpaired) electrons. The van der Waals surface area contributed by atoms with Crippen LogP contribution in [0.4, 0.5) is 4.79 Å². The van der Waals surface area contributed by atoms with Crippen molar-refractivity contribution in [1.82, 2.24) is 15.5 Å². The Morgan fingerprint density at radius 2 is 2.22 bits per heavy atom. The van der Waals surface area contributed by atoms with Crippen molar-refractivity contribution in [3.05, 3.63) is 12.0 Å². The summed E-state index contributed by atoms with van der Waals surface area (Å²) in [7, 11) is 0. The van der Waals surface area contributed by atoms with Crippen LogP contribution in [0, 0.1) is 5.92 Å². The minimum atomic E-state index is -0.273. The molecule has 6 heteroatoms. The van der Waals surface area contributed by atoms with Crippen LogP contribution in [0.2, 0.25) is 0 Å². The number of nitrogens with one attached hydrogen (secondary N) is 2. The van der Waals surface area contributed by atoms with Crippen LogP contribution in [0.5, 0.6) is 0 Å². The molecular formula is C12H18N4O2. The van der Waals surface area contributed by atoms with E-state index in [9.17, 15) is 4.79 Å². The van der Waals surface area contributed by atoms with Gasteiger partial charge in [-0.15, -0.1) is 0 Å². The monoisotopic (exact) mass is 250 g/mol. The number of carbonyl (C=O) groups is 1. The predicted molar refractivity (Wildman–Crippen MR) is 67.1 cm³/mol. The highest BCUT2D eigenvalue weighted by Gasteiger charge is 2.38. The fraction of sp³-hybridized carbons (Fsp3) is 0.667. The highest BCUT2D eigenvalue weighted by molar-refractivity contribution is 5.73. The van der Waals surface area contributed by atoms with Crippen LogP contribution in [0.1, 0.15) is 12.8 Å². The SMILES string of the molecule is O=C1OC(C2CCNCC2)CN1C1=CNCC=N1. The van der Waals surface area contributed by atoms with Gasteiger partial charge in [-0.1, -0.05) is 0 Å². The number of hydrogen-bond acceptors (Lipinski definition) is 5. The molecule has 1 atom stereocenters. The first-order chi connectivity index (χ1) is 8.84. The zero-order valence-corrected chi connectivity index (χ0v) is 10.3. The van der Waals surface area contributed by atoms with Gasteiger partial charge < -0.3 is 15.4 Å². The van der Waals surface area contributed by atoms with Gasteiger partial charge in [0.1, 0.15) is 6.10 Å². The van der Waals surface area contributed by atoms with Crippen molar-refractivity contribution in [2.75, 3.05) is 26.2 Å². The summed E-state index contributed by atoms with van der Waals surface area (Å²) in [6.45, 7) is 3.36. The molecule has 2 N–H and O–H groups in total. The zero-order chi connectivity index (χ0) is 12.4. The molecule has 0 bridgehead atoms. The molecule has 0 spiro atoms. The number of amides is 1. The second-order valence-corrected chi connectivity index (χ2v) is 4.84. The van der Waals surface area contributed by atoms with Gasteiger partial charge in [-0.25, -0.2) is 9.79 Å². The molecule has 3 aliphatic rings. The number of hydrogen-bond donors (Lipinski definition) is 2. The summed E-state index contributed by atoms with van der Waals surface area (Å²) in [4.78, 5) is 17.7. The Hall–Kier alpha value is -1.56.